The van der Waals surface area contributed by atoms with Crippen LogP contribution in [0.3, 0.4) is 0 Å². The summed E-state index contributed by atoms with van der Waals surface area (Å²) >= 11 is 0. The highest BCUT2D eigenvalue weighted by Gasteiger charge is 2.44. The first-order valence-electron chi connectivity index (χ1n) is 9.20. The second-order valence-corrected chi connectivity index (χ2v) is 6.71. The largest absolute Gasteiger partial charge is 0.461 e. The number of rotatable bonds is 6. The number of benzene rings is 3. The summed E-state index contributed by atoms with van der Waals surface area (Å²) in [6.07, 6.45) is 0.747. The van der Waals surface area contributed by atoms with Crippen molar-refractivity contribution < 1.29 is 9.53 Å². The summed E-state index contributed by atoms with van der Waals surface area (Å²) in [6, 6.07) is 30.0. The van der Waals surface area contributed by atoms with Gasteiger partial charge in [-0.3, -0.25) is 9.79 Å². The van der Waals surface area contributed by atoms with Crippen LogP contribution in [-0.2, 0) is 16.1 Å². The molecule has 1 saturated carbocycles. The van der Waals surface area contributed by atoms with Gasteiger partial charge in [0.15, 0.2) is 0 Å². The third-order valence-electron chi connectivity index (χ3n) is 4.67. The molecule has 2 atom stereocenters. The third-order valence-corrected chi connectivity index (χ3v) is 4.67. The predicted octanol–water partition coefficient (Wildman–Crippen LogP) is 4.66. The molecule has 0 bridgehead atoms. The molecule has 3 nitrogen and oxygen atoms in total. The molecule has 0 unspecified atom stereocenters. The highest BCUT2D eigenvalue weighted by Crippen LogP contribution is 2.36. The fraction of sp³-hybridized carbons (Fsp3) is 0.167. The van der Waals surface area contributed by atoms with E-state index in [1.807, 2.05) is 66.7 Å². The van der Waals surface area contributed by atoms with Crippen LogP contribution in [0.1, 0.15) is 23.1 Å². The average molecular weight is 355 g/mol. The van der Waals surface area contributed by atoms with Crippen LogP contribution >= 0.6 is 0 Å². The van der Waals surface area contributed by atoms with Gasteiger partial charge in [-0.05, 0) is 12.0 Å². The van der Waals surface area contributed by atoms with Crippen LogP contribution in [0.15, 0.2) is 96.0 Å². The van der Waals surface area contributed by atoms with Crippen LogP contribution in [-0.4, -0.2) is 17.7 Å². The van der Waals surface area contributed by atoms with Crippen molar-refractivity contribution in [2.45, 2.75) is 19.1 Å². The first-order valence-corrected chi connectivity index (χ1v) is 9.20. The molecule has 134 valence electrons. The van der Waals surface area contributed by atoms with Gasteiger partial charge in [0, 0.05) is 11.1 Å². The normalized spacial score (nSPS) is 17.8. The van der Waals surface area contributed by atoms with Gasteiger partial charge in [0.2, 0.25) is 0 Å². The Morgan fingerprint density at radius 1 is 0.815 bits per heavy atom. The molecule has 3 heteroatoms. The summed E-state index contributed by atoms with van der Waals surface area (Å²) in [7, 11) is 0. The molecule has 1 fully saturated rings. The van der Waals surface area contributed by atoms with Crippen LogP contribution in [0, 0.1) is 5.92 Å². The van der Waals surface area contributed by atoms with Crippen molar-refractivity contribution in [3.8, 4) is 0 Å². The van der Waals surface area contributed by atoms with E-state index in [4.69, 9.17) is 9.73 Å². The van der Waals surface area contributed by atoms with Crippen molar-refractivity contribution in [1.29, 1.82) is 0 Å². The number of carbonyl (C=O) groups excluding carboxylic acids is 1. The minimum atomic E-state index is -0.159. The molecule has 0 amide bonds. The maximum absolute atomic E-state index is 12.4. The molecule has 0 aliphatic heterocycles. The highest BCUT2D eigenvalue weighted by molar-refractivity contribution is 6.13. The molecule has 0 spiro atoms. The van der Waals surface area contributed by atoms with Gasteiger partial charge in [-0.2, -0.15) is 0 Å². The Morgan fingerprint density at radius 3 is 1.89 bits per heavy atom. The first kappa shape index (κ1) is 17.2. The van der Waals surface area contributed by atoms with Crippen molar-refractivity contribution in [3.63, 3.8) is 0 Å². The molecule has 0 heterocycles. The van der Waals surface area contributed by atoms with E-state index in [1.54, 1.807) is 0 Å². The third kappa shape index (κ3) is 4.32. The maximum Gasteiger partial charge on any atom is 0.311 e. The van der Waals surface area contributed by atoms with E-state index in [1.165, 1.54) is 0 Å². The number of carbonyl (C=O) groups is 1. The van der Waals surface area contributed by atoms with Crippen molar-refractivity contribution in [2.24, 2.45) is 10.9 Å². The van der Waals surface area contributed by atoms with E-state index in [-0.39, 0.29) is 17.9 Å². The summed E-state index contributed by atoms with van der Waals surface area (Å²) in [5.74, 6) is -0.302. The first-order chi connectivity index (χ1) is 13.3. The lowest BCUT2D eigenvalue weighted by atomic mass is 10.0. The van der Waals surface area contributed by atoms with Gasteiger partial charge in [0.25, 0.3) is 0 Å². The van der Waals surface area contributed by atoms with E-state index in [2.05, 4.69) is 24.3 Å². The topological polar surface area (TPSA) is 38.7 Å². The van der Waals surface area contributed by atoms with Gasteiger partial charge in [-0.1, -0.05) is 91.0 Å². The van der Waals surface area contributed by atoms with Crippen molar-refractivity contribution in [3.05, 3.63) is 108 Å². The number of hydrogen-bond acceptors (Lipinski definition) is 3. The molecule has 0 radical (unpaired) electrons. The fourth-order valence-corrected chi connectivity index (χ4v) is 3.09. The molecule has 3 aromatic rings. The van der Waals surface area contributed by atoms with Gasteiger partial charge in [0.1, 0.15) is 6.61 Å². The molecule has 4 rings (SSSR count). The zero-order chi connectivity index (χ0) is 18.5. The molecular formula is C24H21NO2. The quantitative estimate of drug-likeness (QED) is 0.477. The molecule has 3 aromatic carbocycles. The average Bonchev–Trinajstić information content (AvgIpc) is 3.52. The molecule has 1 aliphatic rings. The Balaban J connectivity index is 1.47. The van der Waals surface area contributed by atoms with E-state index < -0.39 is 0 Å². The summed E-state index contributed by atoms with van der Waals surface area (Å²) in [5.41, 5.74) is 4.05. The van der Waals surface area contributed by atoms with Gasteiger partial charge < -0.3 is 4.74 Å². The Labute approximate surface area is 159 Å². The Hall–Kier alpha value is -3.20. The Kier molecular flexibility index (Phi) is 5.10. The van der Waals surface area contributed by atoms with Gasteiger partial charge in [-0.25, -0.2) is 0 Å². The smallest absolute Gasteiger partial charge is 0.311 e. The minimum Gasteiger partial charge on any atom is -0.461 e. The molecule has 27 heavy (non-hydrogen) atoms. The zero-order valence-electron chi connectivity index (χ0n) is 15.0. The highest BCUT2D eigenvalue weighted by atomic mass is 16.5. The molecule has 1 aliphatic carbocycles. The molecule has 0 aromatic heterocycles. The fourth-order valence-electron chi connectivity index (χ4n) is 3.09. The predicted molar refractivity (Wildman–Crippen MR) is 107 cm³/mol. The standard InChI is InChI=1S/C24H21NO2/c26-24(27-17-18-10-4-1-5-11-18)21-16-22(21)25-23(19-12-6-2-7-13-19)20-14-8-3-9-15-20/h1-15,21-22H,16-17H2/t21-,22-/m1/s1. The molecule has 0 saturated heterocycles. The summed E-state index contributed by atoms with van der Waals surface area (Å²) in [5, 5.41) is 0. The second-order valence-electron chi connectivity index (χ2n) is 6.71. The Bertz CT molecular complexity index is 879. The zero-order valence-corrected chi connectivity index (χ0v) is 15.0. The summed E-state index contributed by atoms with van der Waals surface area (Å²) in [4.78, 5) is 17.3. The number of nitrogens with zero attached hydrogens (tertiary/aromatic N) is 1. The van der Waals surface area contributed by atoms with Gasteiger partial charge >= 0.3 is 5.97 Å². The lowest BCUT2D eigenvalue weighted by Gasteiger charge is -2.08. The Morgan fingerprint density at radius 2 is 1.33 bits per heavy atom. The lowest BCUT2D eigenvalue weighted by molar-refractivity contribution is -0.146. The number of hydrogen-bond donors (Lipinski definition) is 0. The monoisotopic (exact) mass is 355 g/mol. The minimum absolute atomic E-state index is 0.0105. The SMILES string of the molecule is O=C(OCc1ccccc1)[C@@H]1C[C@H]1N=C(c1ccccc1)c1ccccc1. The van der Waals surface area contributed by atoms with Crippen molar-refractivity contribution in [1.82, 2.24) is 0 Å². The van der Waals surface area contributed by atoms with Gasteiger partial charge in [-0.15, -0.1) is 0 Å². The number of ether oxygens (including phenoxy) is 1. The van der Waals surface area contributed by atoms with Crippen LogP contribution in [0.2, 0.25) is 0 Å². The number of aliphatic imine (C=N–C) groups is 1. The van der Waals surface area contributed by atoms with Crippen LogP contribution < -0.4 is 0 Å². The van der Waals surface area contributed by atoms with Crippen LogP contribution in [0.4, 0.5) is 0 Å². The van der Waals surface area contributed by atoms with Crippen LogP contribution in [0.25, 0.3) is 0 Å². The van der Waals surface area contributed by atoms with E-state index >= 15 is 0 Å². The number of esters is 1. The van der Waals surface area contributed by atoms with E-state index in [0.717, 1.165) is 28.8 Å². The van der Waals surface area contributed by atoms with E-state index in [9.17, 15) is 4.79 Å². The lowest BCUT2D eigenvalue weighted by Crippen LogP contribution is -2.11. The summed E-state index contributed by atoms with van der Waals surface area (Å²) < 4.78 is 5.47. The van der Waals surface area contributed by atoms with Crippen molar-refractivity contribution in [2.75, 3.05) is 0 Å². The van der Waals surface area contributed by atoms with Gasteiger partial charge in [0.05, 0.1) is 17.7 Å². The summed E-state index contributed by atoms with van der Waals surface area (Å²) in [6.45, 7) is 0.316. The molecular weight excluding hydrogens is 334 g/mol. The molecule has 0 N–H and O–H groups in total. The van der Waals surface area contributed by atoms with E-state index in [0.29, 0.717) is 6.61 Å². The van der Waals surface area contributed by atoms with Crippen LogP contribution in [0.5, 0.6) is 0 Å². The maximum atomic E-state index is 12.4. The second kappa shape index (κ2) is 8.00. The van der Waals surface area contributed by atoms with Crippen molar-refractivity contribution >= 4 is 11.7 Å².